The van der Waals surface area contributed by atoms with Gasteiger partial charge in [-0.3, -0.25) is 0 Å². The number of allylic oxidation sites excluding steroid dienone is 3. The number of rotatable bonds is 22. The van der Waals surface area contributed by atoms with E-state index < -0.39 is 0 Å². The van der Waals surface area contributed by atoms with Crippen molar-refractivity contribution in [3.63, 3.8) is 0 Å². The molecule has 4 rings (SSSR count). The second-order valence-electron chi connectivity index (χ2n) is 17.8. The fourth-order valence-electron chi connectivity index (χ4n) is 11.9. The van der Waals surface area contributed by atoms with Crippen LogP contribution in [0.5, 0.6) is 0 Å². The number of fused-ring (bicyclic) bond motifs is 5. The van der Waals surface area contributed by atoms with Gasteiger partial charge in [-0.05, 0) is 155 Å². The Hall–Kier alpha value is -0.720. The van der Waals surface area contributed by atoms with Crippen molar-refractivity contribution >= 4 is 0 Å². The van der Waals surface area contributed by atoms with Crippen molar-refractivity contribution < 1.29 is 4.74 Å². The molecule has 4 aliphatic carbocycles. The Morgan fingerprint density at radius 1 is 0.696 bits per heavy atom. The quantitative estimate of drug-likeness (QED) is 0.0652. The Kier molecular flexibility index (Phi) is 16.6. The lowest BCUT2D eigenvalue weighted by atomic mass is 9.44. The molecule has 1 nitrogen and oxygen atoms in total. The number of unbranched alkanes of at least 4 members (excludes halogenated alkanes) is 12. The van der Waals surface area contributed by atoms with Crippen LogP contribution in [-0.4, -0.2) is 6.61 Å². The molecule has 0 aromatic rings. The van der Waals surface area contributed by atoms with Crippen molar-refractivity contribution in [2.24, 2.45) is 46.3 Å². The van der Waals surface area contributed by atoms with Crippen LogP contribution in [0.25, 0.3) is 0 Å². The van der Waals surface area contributed by atoms with Gasteiger partial charge in [0.25, 0.3) is 0 Å². The summed E-state index contributed by atoms with van der Waals surface area (Å²) in [6, 6.07) is 0. The third-order valence-electron chi connectivity index (χ3n) is 14.6. The largest absolute Gasteiger partial charge is 0.501 e. The molecule has 4 fully saturated rings. The van der Waals surface area contributed by atoms with Crippen molar-refractivity contribution in [3.05, 3.63) is 24.0 Å². The molecular formula is C45H80O. The van der Waals surface area contributed by atoms with Gasteiger partial charge >= 0.3 is 0 Å². The van der Waals surface area contributed by atoms with Gasteiger partial charge in [0.1, 0.15) is 0 Å². The molecule has 4 aliphatic rings. The van der Waals surface area contributed by atoms with Crippen LogP contribution < -0.4 is 0 Å². The molecule has 0 saturated heterocycles. The zero-order chi connectivity index (χ0) is 32.7. The first-order chi connectivity index (χ1) is 22.4. The van der Waals surface area contributed by atoms with Gasteiger partial charge in [-0.25, -0.2) is 0 Å². The van der Waals surface area contributed by atoms with E-state index in [1.165, 1.54) is 160 Å². The lowest BCUT2D eigenvalue weighted by molar-refractivity contribution is -0.114. The minimum absolute atomic E-state index is 0.621. The number of ether oxygens (including phenoxy) is 1. The molecule has 1 heteroatoms. The van der Waals surface area contributed by atoms with Gasteiger partial charge in [0.15, 0.2) is 0 Å². The van der Waals surface area contributed by atoms with Crippen LogP contribution in [0.1, 0.15) is 208 Å². The molecule has 0 spiro atoms. The summed E-state index contributed by atoms with van der Waals surface area (Å²) in [5, 5.41) is 0. The van der Waals surface area contributed by atoms with Crippen LogP contribution in [0.3, 0.4) is 0 Å². The van der Waals surface area contributed by atoms with Crippen LogP contribution in [0.2, 0.25) is 0 Å². The molecule has 266 valence electrons. The summed E-state index contributed by atoms with van der Waals surface area (Å²) in [5.74, 6) is 6.00. The van der Waals surface area contributed by atoms with E-state index in [0.717, 1.165) is 42.1 Å². The maximum absolute atomic E-state index is 5.98. The van der Waals surface area contributed by atoms with E-state index in [-0.39, 0.29) is 0 Å². The molecule has 4 saturated carbocycles. The van der Waals surface area contributed by atoms with Crippen molar-refractivity contribution in [1.82, 2.24) is 0 Å². The topological polar surface area (TPSA) is 9.23 Å². The Labute approximate surface area is 289 Å². The molecule has 0 aromatic heterocycles. The predicted octanol–water partition coefficient (Wildman–Crippen LogP) is 14.8. The van der Waals surface area contributed by atoms with Crippen LogP contribution in [-0.2, 0) is 4.74 Å². The summed E-state index contributed by atoms with van der Waals surface area (Å²) in [7, 11) is 0. The summed E-state index contributed by atoms with van der Waals surface area (Å²) < 4.78 is 5.98. The highest BCUT2D eigenvalue weighted by Crippen LogP contribution is 2.68. The Bertz CT molecular complexity index is 885. The molecule has 0 bridgehead atoms. The molecule has 0 aliphatic heterocycles. The van der Waals surface area contributed by atoms with Gasteiger partial charge in [0.05, 0.1) is 12.9 Å². The Morgan fingerprint density at radius 3 is 2.11 bits per heavy atom. The van der Waals surface area contributed by atoms with E-state index in [9.17, 15) is 0 Å². The third kappa shape index (κ3) is 10.6. The van der Waals surface area contributed by atoms with Gasteiger partial charge in [-0.1, -0.05) is 117 Å². The van der Waals surface area contributed by atoms with Crippen molar-refractivity contribution in [1.29, 1.82) is 0 Å². The Balaban J connectivity index is 1.01. The Morgan fingerprint density at radius 2 is 1.37 bits per heavy atom. The second kappa shape index (κ2) is 20.1. The monoisotopic (exact) mass is 637 g/mol. The zero-order valence-corrected chi connectivity index (χ0v) is 31.9. The molecule has 0 amide bonds. The third-order valence-corrected chi connectivity index (χ3v) is 14.6. The highest BCUT2D eigenvalue weighted by molar-refractivity contribution is 5.09. The van der Waals surface area contributed by atoms with Gasteiger partial charge < -0.3 is 4.74 Å². The number of hydrogen-bond donors (Lipinski definition) is 0. The normalized spacial score (nSPS) is 33.5. The second-order valence-corrected chi connectivity index (χ2v) is 17.8. The average Bonchev–Trinajstić information content (AvgIpc) is 3.41. The van der Waals surface area contributed by atoms with Gasteiger partial charge in [0.2, 0.25) is 0 Å². The minimum atomic E-state index is 0.621. The summed E-state index contributed by atoms with van der Waals surface area (Å²) >= 11 is 0. The number of hydrogen-bond acceptors (Lipinski definition) is 1. The van der Waals surface area contributed by atoms with Crippen LogP contribution in [0.4, 0.5) is 0 Å². The summed E-state index contributed by atoms with van der Waals surface area (Å²) in [5.41, 5.74) is 2.75. The molecule has 1 unspecified atom stereocenters. The summed E-state index contributed by atoms with van der Waals surface area (Å²) in [6.07, 6.45) is 45.3. The molecular weight excluding hydrogens is 556 g/mol. The fourth-order valence-corrected chi connectivity index (χ4v) is 11.9. The van der Waals surface area contributed by atoms with E-state index in [0.29, 0.717) is 10.8 Å². The minimum Gasteiger partial charge on any atom is -0.501 e. The van der Waals surface area contributed by atoms with E-state index in [1.807, 2.05) is 0 Å². The van der Waals surface area contributed by atoms with E-state index in [1.54, 1.807) is 19.3 Å². The van der Waals surface area contributed by atoms with Crippen LogP contribution >= 0.6 is 0 Å². The maximum Gasteiger partial charge on any atom is 0.0873 e. The molecule has 0 aromatic carbocycles. The van der Waals surface area contributed by atoms with Gasteiger partial charge in [0, 0.05) is 0 Å². The smallest absolute Gasteiger partial charge is 0.0873 e. The molecule has 0 heterocycles. The van der Waals surface area contributed by atoms with Gasteiger partial charge in [-0.15, -0.1) is 0 Å². The van der Waals surface area contributed by atoms with E-state index >= 15 is 0 Å². The lowest BCUT2D eigenvalue weighted by Crippen LogP contribution is -2.53. The fraction of sp³-hybridized carbons (Fsp3) is 0.911. The standard InChI is InChI=1S/C45H80O/c1-6-7-8-9-10-11-12-13-14-15-16-17-18-19-20-23-35-46-36-37(2)25-24-26-38(3)41-30-31-42-40-29-28-39-27-21-22-33-44(39,4)43(40)32-34-45(41,42)5/h13-14,36,38-43H,6-12,15-35H2,1-5H3/b14-13-,37-36?/t38-,39?,40+,41-,42+,43+,44+,45-/m1/s1. The first kappa shape index (κ1) is 38.1. The SMILES string of the molecule is CCCCCCCC/C=C\CCCCCCCCOC=C(C)CCC[C@@H](C)[C@H]1CC[C@H]2[C@@H]3CCC4CCCC[C@]4(C)[C@H]3CC[C@]12C. The summed E-state index contributed by atoms with van der Waals surface area (Å²) in [6.45, 7) is 13.6. The molecule has 8 atom stereocenters. The highest BCUT2D eigenvalue weighted by atomic mass is 16.5. The van der Waals surface area contributed by atoms with Gasteiger partial charge in [-0.2, -0.15) is 0 Å². The van der Waals surface area contributed by atoms with Crippen molar-refractivity contribution in [2.45, 2.75) is 208 Å². The first-order valence-corrected chi connectivity index (χ1v) is 21.3. The zero-order valence-electron chi connectivity index (χ0n) is 31.9. The summed E-state index contributed by atoms with van der Waals surface area (Å²) in [4.78, 5) is 0. The molecule has 46 heavy (non-hydrogen) atoms. The highest BCUT2D eigenvalue weighted by Gasteiger charge is 2.60. The first-order valence-electron chi connectivity index (χ1n) is 21.3. The lowest BCUT2D eigenvalue weighted by Gasteiger charge is -2.61. The predicted molar refractivity (Wildman–Crippen MR) is 202 cm³/mol. The molecule has 0 radical (unpaired) electrons. The van der Waals surface area contributed by atoms with Crippen molar-refractivity contribution in [2.75, 3.05) is 6.61 Å². The van der Waals surface area contributed by atoms with Crippen LogP contribution in [0.15, 0.2) is 24.0 Å². The average molecular weight is 637 g/mol. The maximum atomic E-state index is 5.98. The molecule has 0 N–H and O–H groups in total. The van der Waals surface area contributed by atoms with Crippen molar-refractivity contribution in [3.8, 4) is 0 Å². The van der Waals surface area contributed by atoms with E-state index in [4.69, 9.17) is 4.74 Å². The van der Waals surface area contributed by atoms with E-state index in [2.05, 4.69) is 53.0 Å². The van der Waals surface area contributed by atoms with Crippen LogP contribution in [0, 0.1) is 46.3 Å².